The van der Waals surface area contributed by atoms with Crippen LogP contribution in [0.25, 0.3) is 0 Å². The standard InChI is InChI=1S/C14H10ClF6N3O4S/c15-8-2-1-3-9(4-8)24-29(25,26)10-11(27-5-13(16,17)18)22-7-23-12(10)28-6-14(19,20)21/h1-4,7,24H,5-6H2. The first kappa shape index (κ1) is 22.8. The van der Waals surface area contributed by atoms with Crippen molar-refractivity contribution in [2.45, 2.75) is 17.2 Å². The van der Waals surface area contributed by atoms with Gasteiger partial charge >= 0.3 is 12.4 Å². The Morgan fingerprint density at radius 3 is 1.93 bits per heavy atom. The predicted octanol–water partition coefficient (Wildman–Crippen LogP) is 3.81. The minimum atomic E-state index is -4.88. The summed E-state index contributed by atoms with van der Waals surface area (Å²) in [5, 5.41) is 0.108. The Kier molecular flexibility index (Phi) is 6.67. The highest BCUT2D eigenvalue weighted by Crippen LogP contribution is 2.33. The molecule has 0 spiro atoms. The number of hydrogen-bond donors (Lipinski definition) is 1. The van der Waals surface area contributed by atoms with Gasteiger partial charge in [0.1, 0.15) is 6.33 Å². The second-order valence-corrected chi connectivity index (χ2v) is 7.29. The number of halogens is 7. The van der Waals surface area contributed by atoms with Crippen molar-refractivity contribution in [2.75, 3.05) is 17.9 Å². The van der Waals surface area contributed by atoms with Crippen LogP contribution in [-0.4, -0.2) is 44.0 Å². The van der Waals surface area contributed by atoms with Gasteiger partial charge in [-0.15, -0.1) is 0 Å². The molecule has 2 aromatic rings. The summed E-state index contributed by atoms with van der Waals surface area (Å²) >= 11 is 5.72. The van der Waals surface area contributed by atoms with E-state index in [1.807, 2.05) is 4.72 Å². The van der Waals surface area contributed by atoms with Crippen LogP contribution in [0.15, 0.2) is 35.5 Å². The van der Waals surface area contributed by atoms with E-state index in [0.29, 0.717) is 6.33 Å². The van der Waals surface area contributed by atoms with E-state index in [1.54, 1.807) is 0 Å². The zero-order chi connectivity index (χ0) is 21.9. The molecule has 15 heteroatoms. The minimum absolute atomic E-state index is 0.108. The van der Waals surface area contributed by atoms with Gasteiger partial charge < -0.3 is 9.47 Å². The first-order chi connectivity index (χ1) is 13.3. The summed E-state index contributed by atoms with van der Waals surface area (Å²) in [5.41, 5.74) is -0.134. The van der Waals surface area contributed by atoms with Gasteiger partial charge in [-0.2, -0.15) is 26.3 Å². The maximum atomic E-state index is 12.6. The molecule has 1 N–H and O–H groups in total. The molecule has 1 aromatic heterocycles. The maximum absolute atomic E-state index is 12.6. The molecule has 0 aliphatic heterocycles. The molecule has 1 heterocycles. The van der Waals surface area contributed by atoms with E-state index in [1.165, 1.54) is 18.2 Å². The smallest absolute Gasteiger partial charge is 0.422 e. The second-order valence-electron chi connectivity index (χ2n) is 5.24. The molecule has 0 bridgehead atoms. The molecule has 0 atom stereocenters. The van der Waals surface area contributed by atoms with E-state index in [0.717, 1.165) is 6.07 Å². The van der Waals surface area contributed by atoms with Crippen LogP contribution >= 0.6 is 11.6 Å². The van der Waals surface area contributed by atoms with Crippen molar-refractivity contribution >= 4 is 27.3 Å². The number of aromatic nitrogens is 2. The highest BCUT2D eigenvalue weighted by molar-refractivity contribution is 7.93. The Morgan fingerprint density at radius 1 is 0.966 bits per heavy atom. The summed E-state index contributed by atoms with van der Waals surface area (Å²) in [7, 11) is -4.85. The number of hydrogen-bond acceptors (Lipinski definition) is 6. The molecule has 0 saturated heterocycles. The molecular formula is C14H10ClF6N3O4S. The normalized spacial score (nSPS) is 12.5. The number of rotatable bonds is 7. The topological polar surface area (TPSA) is 90.4 Å². The lowest BCUT2D eigenvalue weighted by atomic mass is 10.3. The number of sulfonamides is 1. The number of alkyl halides is 6. The van der Waals surface area contributed by atoms with Crippen molar-refractivity contribution in [3.63, 3.8) is 0 Å². The maximum Gasteiger partial charge on any atom is 0.422 e. The number of benzene rings is 1. The van der Waals surface area contributed by atoms with E-state index in [2.05, 4.69) is 19.4 Å². The third kappa shape index (κ3) is 7.12. The van der Waals surface area contributed by atoms with Crippen LogP contribution in [0.1, 0.15) is 0 Å². The third-order valence-corrected chi connectivity index (χ3v) is 4.46. The second kappa shape index (κ2) is 8.49. The van der Waals surface area contributed by atoms with E-state index in [4.69, 9.17) is 11.6 Å². The van der Waals surface area contributed by atoms with Crippen molar-refractivity contribution in [3.8, 4) is 11.8 Å². The summed E-state index contributed by atoms with van der Waals surface area (Å²) in [4.78, 5) is 5.30. The molecule has 0 amide bonds. The first-order valence-electron chi connectivity index (χ1n) is 7.29. The van der Waals surface area contributed by atoms with Crippen molar-refractivity contribution in [2.24, 2.45) is 0 Å². The molecule has 160 valence electrons. The highest BCUT2D eigenvalue weighted by atomic mass is 35.5. The van der Waals surface area contributed by atoms with Gasteiger partial charge in [0, 0.05) is 5.02 Å². The van der Waals surface area contributed by atoms with E-state index in [9.17, 15) is 34.8 Å². The van der Waals surface area contributed by atoms with Crippen LogP contribution in [0.4, 0.5) is 32.0 Å². The summed E-state index contributed by atoms with van der Waals surface area (Å²) in [6.07, 6.45) is -9.26. The van der Waals surface area contributed by atoms with Gasteiger partial charge in [-0.3, -0.25) is 4.72 Å². The van der Waals surface area contributed by atoms with E-state index < -0.39 is 52.2 Å². The van der Waals surface area contributed by atoms with Gasteiger partial charge in [0.2, 0.25) is 16.7 Å². The number of anilines is 1. The van der Waals surface area contributed by atoms with Crippen LogP contribution in [0.3, 0.4) is 0 Å². The monoisotopic (exact) mass is 465 g/mol. The van der Waals surface area contributed by atoms with Crippen molar-refractivity contribution in [1.29, 1.82) is 0 Å². The average Bonchev–Trinajstić information content (AvgIpc) is 2.56. The van der Waals surface area contributed by atoms with Crippen LogP contribution < -0.4 is 14.2 Å². The molecule has 0 aliphatic rings. The molecule has 0 saturated carbocycles. The largest absolute Gasteiger partial charge is 0.467 e. The van der Waals surface area contributed by atoms with Crippen molar-refractivity contribution in [1.82, 2.24) is 9.97 Å². The fourth-order valence-electron chi connectivity index (χ4n) is 1.84. The molecule has 0 fully saturated rings. The Bertz CT molecular complexity index is 932. The van der Waals surface area contributed by atoms with Crippen LogP contribution in [0.2, 0.25) is 5.02 Å². The van der Waals surface area contributed by atoms with Gasteiger partial charge in [0.05, 0.1) is 5.69 Å². The molecule has 29 heavy (non-hydrogen) atoms. The van der Waals surface area contributed by atoms with Crippen LogP contribution in [-0.2, 0) is 10.0 Å². The summed E-state index contributed by atoms with van der Waals surface area (Å²) in [5.74, 6) is -2.30. The number of ether oxygens (including phenoxy) is 2. The lowest BCUT2D eigenvalue weighted by Crippen LogP contribution is -2.24. The quantitative estimate of drug-likeness (QED) is 0.625. The predicted molar refractivity (Wildman–Crippen MR) is 87.4 cm³/mol. The number of nitrogens with one attached hydrogen (secondary N) is 1. The third-order valence-electron chi connectivity index (χ3n) is 2.83. The number of nitrogens with zero attached hydrogens (tertiary/aromatic N) is 2. The van der Waals surface area contributed by atoms with Gasteiger partial charge in [0.25, 0.3) is 10.0 Å². The van der Waals surface area contributed by atoms with E-state index >= 15 is 0 Å². The minimum Gasteiger partial charge on any atom is -0.467 e. The van der Waals surface area contributed by atoms with E-state index in [-0.39, 0.29) is 10.7 Å². The van der Waals surface area contributed by atoms with Gasteiger partial charge in [-0.05, 0) is 18.2 Å². The summed E-state index contributed by atoms with van der Waals surface area (Å²) < 4.78 is 111. The van der Waals surface area contributed by atoms with Crippen molar-refractivity contribution in [3.05, 3.63) is 35.6 Å². The zero-order valence-electron chi connectivity index (χ0n) is 13.9. The van der Waals surface area contributed by atoms with Crippen LogP contribution in [0.5, 0.6) is 11.8 Å². The lowest BCUT2D eigenvalue weighted by Gasteiger charge is -2.16. The van der Waals surface area contributed by atoms with Gasteiger partial charge in [0.15, 0.2) is 13.2 Å². The molecular weight excluding hydrogens is 456 g/mol. The molecule has 0 radical (unpaired) electrons. The Morgan fingerprint density at radius 2 is 1.48 bits per heavy atom. The average molecular weight is 466 g/mol. The fourth-order valence-corrected chi connectivity index (χ4v) is 3.25. The Labute approximate surface area is 164 Å². The highest BCUT2D eigenvalue weighted by Gasteiger charge is 2.35. The molecule has 2 rings (SSSR count). The van der Waals surface area contributed by atoms with Gasteiger partial charge in [-0.25, -0.2) is 18.4 Å². The Hall–Kier alpha value is -2.48. The SMILES string of the molecule is O=S(=O)(Nc1cccc(Cl)c1)c1c(OCC(F)(F)F)ncnc1OCC(F)(F)F. The Balaban J connectivity index is 2.48. The zero-order valence-corrected chi connectivity index (χ0v) is 15.5. The molecule has 0 aliphatic carbocycles. The summed E-state index contributed by atoms with van der Waals surface area (Å²) in [6, 6.07) is 5.14. The molecule has 7 nitrogen and oxygen atoms in total. The lowest BCUT2D eigenvalue weighted by molar-refractivity contribution is -0.155. The molecule has 1 aromatic carbocycles. The summed E-state index contributed by atoms with van der Waals surface area (Å²) in [6.45, 7) is -3.91. The first-order valence-corrected chi connectivity index (χ1v) is 9.15. The molecule has 0 unspecified atom stereocenters. The van der Waals surface area contributed by atoms with Crippen LogP contribution in [0, 0.1) is 0 Å². The fraction of sp³-hybridized carbons (Fsp3) is 0.286. The van der Waals surface area contributed by atoms with Crippen molar-refractivity contribution < 1.29 is 44.2 Å². The van der Waals surface area contributed by atoms with Gasteiger partial charge in [-0.1, -0.05) is 17.7 Å².